The van der Waals surface area contributed by atoms with E-state index in [-0.39, 0.29) is 32.3 Å². The number of rotatable bonds is 10. The number of hydrogen-bond acceptors (Lipinski definition) is 4. The fourth-order valence-electron chi connectivity index (χ4n) is 3.11. The zero-order valence-corrected chi connectivity index (χ0v) is 23.7. The lowest BCUT2D eigenvalue weighted by Crippen LogP contribution is -2.51. The van der Waals surface area contributed by atoms with Gasteiger partial charge in [-0.15, -0.1) is 0 Å². The van der Waals surface area contributed by atoms with Crippen LogP contribution in [0.2, 0.25) is 25.1 Å². The van der Waals surface area contributed by atoms with Gasteiger partial charge < -0.3 is 10.2 Å². The number of carbonyl (C=O) groups is 2. The SMILES string of the molecule is CCCNC(=O)[C@@H](C)N(Cc1ccc(Cl)c(Cl)c1)C(=O)CN(c1cc(Cl)c(Cl)cc1Cl)S(C)(=O)=O. The molecule has 2 aromatic rings. The second-order valence-corrected chi connectivity index (χ2v) is 11.7. The van der Waals surface area contributed by atoms with Gasteiger partial charge in [0.1, 0.15) is 12.6 Å². The van der Waals surface area contributed by atoms with Crippen molar-refractivity contribution in [2.75, 3.05) is 23.7 Å². The largest absolute Gasteiger partial charge is 0.354 e. The van der Waals surface area contributed by atoms with Crippen molar-refractivity contribution >= 4 is 85.5 Å². The summed E-state index contributed by atoms with van der Waals surface area (Å²) in [5.41, 5.74) is 0.579. The quantitative estimate of drug-likeness (QED) is 0.355. The summed E-state index contributed by atoms with van der Waals surface area (Å²) in [5.74, 6) is -1.04. The third-order valence-electron chi connectivity index (χ3n) is 4.99. The molecule has 2 amide bonds. The van der Waals surface area contributed by atoms with Crippen LogP contribution in [0.15, 0.2) is 30.3 Å². The summed E-state index contributed by atoms with van der Waals surface area (Å²) in [7, 11) is -3.98. The van der Waals surface area contributed by atoms with Crippen molar-refractivity contribution < 1.29 is 18.0 Å². The van der Waals surface area contributed by atoms with Crippen LogP contribution in [-0.4, -0.2) is 50.5 Å². The molecule has 2 rings (SSSR count). The van der Waals surface area contributed by atoms with E-state index in [1.165, 1.54) is 17.0 Å². The Morgan fingerprint density at radius 1 is 0.943 bits per heavy atom. The molecule has 0 aliphatic heterocycles. The molecule has 0 heterocycles. The minimum Gasteiger partial charge on any atom is -0.354 e. The first kappa shape index (κ1) is 29.8. The lowest BCUT2D eigenvalue weighted by atomic mass is 10.1. The Labute approximate surface area is 230 Å². The Hall–Kier alpha value is -1.42. The highest BCUT2D eigenvalue weighted by molar-refractivity contribution is 7.92. The Kier molecular flexibility index (Phi) is 10.8. The minimum absolute atomic E-state index is 0.0117. The molecule has 0 saturated heterocycles. The average molecular weight is 604 g/mol. The number of nitrogens with zero attached hydrogens (tertiary/aromatic N) is 2. The van der Waals surface area contributed by atoms with Crippen LogP contribution in [0, 0.1) is 0 Å². The van der Waals surface area contributed by atoms with Crippen molar-refractivity contribution in [3.63, 3.8) is 0 Å². The Bertz CT molecular complexity index is 1210. The summed E-state index contributed by atoms with van der Waals surface area (Å²) in [5, 5.41) is 3.54. The number of carbonyl (C=O) groups excluding carboxylic acids is 2. The second kappa shape index (κ2) is 12.7. The molecule has 0 radical (unpaired) electrons. The third-order valence-corrected chi connectivity index (χ3v) is 7.88. The van der Waals surface area contributed by atoms with Gasteiger partial charge in [-0.1, -0.05) is 71.0 Å². The summed E-state index contributed by atoms with van der Waals surface area (Å²) >= 11 is 30.4. The Balaban J connectivity index is 2.46. The molecular formula is C22H24Cl5N3O4S. The molecule has 192 valence electrons. The maximum atomic E-state index is 13.5. The maximum Gasteiger partial charge on any atom is 0.244 e. The lowest BCUT2D eigenvalue weighted by molar-refractivity contribution is -0.139. The Morgan fingerprint density at radius 3 is 2.11 bits per heavy atom. The fraction of sp³-hybridized carbons (Fsp3) is 0.364. The van der Waals surface area contributed by atoms with Crippen molar-refractivity contribution in [3.8, 4) is 0 Å². The van der Waals surface area contributed by atoms with Gasteiger partial charge in [-0.25, -0.2) is 8.42 Å². The number of amides is 2. The van der Waals surface area contributed by atoms with Crippen LogP contribution < -0.4 is 9.62 Å². The zero-order chi connectivity index (χ0) is 26.5. The van der Waals surface area contributed by atoms with E-state index in [1.54, 1.807) is 25.1 Å². The van der Waals surface area contributed by atoms with Crippen molar-refractivity contribution in [2.24, 2.45) is 0 Å². The fourth-order valence-corrected chi connectivity index (χ4v) is 4.98. The highest BCUT2D eigenvalue weighted by atomic mass is 35.5. The van der Waals surface area contributed by atoms with Crippen molar-refractivity contribution in [1.82, 2.24) is 10.2 Å². The molecule has 0 aliphatic rings. The summed E-state index contributed by atoms with van der Waals surface area (Å²) in [4.78, 5) is 27.5. The van der Waals surface area contributed by atoms with E-state index in [2.05, 4.69) is 5.32 Å². The minimum atomic E-state index is -3.98. The molecule has 1 atom stereocenters. The van der Waals surface area contributed by atoms with Gasteiger partial charge in [-0.3, -0.25) is 13.9 Å². The predicted molar refractivity (Wildman–Crippen MR) is 143 cm³/mol. The topological polar surface area (TPSA) is 86.8 Å². The van der Waals surface area contributed by atoms with Gasteiger partial charge in [0.2, 0.25) is 21.8 Å². The molecule has 0 spiro atoms. The van der Waals surface area contributed by atoms with E-state index in [9.17, 15) is 18.0 Å². The van der Waals surface area contributed by atoms with Crippen molar-refractivity contribution in [2.45, 2.75) is 32.9 Å². The second-order valence-electron chi connectivity index (χ2n) is 7.72. The number of hydrogen-bond donors (Lipinski definition) is 1. The Morgan fingerprint density at radius 2 is 1.54 bits per heavy atom. The van der Waals surface area contributed by atoms with E-state index >= 15 is 0 Å². The van der Waals surface area contributed by atoms with Gasteiger partial charge in [-0.05, 0) is 43.2 Å². The van der Waals surface area contributed by atoms with E-state index in [4.69, 9.17) is 58.0 Å². The highest BCUT2D eigenvalue weighted by Crippen LogP contribution is 2.35. The number of anilines is 1. The van der Waals surface area contributed by atoms with Crippen LogP contribution >= 0.6 is 58.0 Å². The first-order valence-corrected chi connectivity index (χ1v) is 14.1. The van der Waals surface area contributed by atoms with Crippen molar-refractivity contribution in [3.05, 3.63) is 61.0 Å². The van der Waals surface area contributed by atoms with Crippen molar-refractivity contribution in [1.29, 1.82) is 0 Å². The molecular weight excluding hydrogens is 580 g/mol. The monoisotopic (exact) mass is 601 g/mol. The molecule has 0 unspecified atom stereocenters. The molecule has 0 aliphatic carbocycles. The van der Waals surface area contributed by atoms with Gasteiger partial charge >= 0.3 is 0 Å². The maximum absolute atomic E-state index is 13.5. The van der Waals surface area contributed by atoms with Gasteiger partial charge in [0, 0.05) is 13.1 Å². The smallest absolute Gasteiger partial charge is 0.244 e. The van der Waals surface area contributed by atoms with Crippen LogP contribution in [0.5, 0.6) is 0 Å². The normalized spacial score (nSPS) is 12.2. The van der Waals surface area contributed by atoms with E-state index in [0.29, 0.717) is 23.6 Å². The molecule has 7 nitrogen and oxygen atoms in total. The molecule has 0 saturated carbocycles. The van der Waals surface area contributed by atoms with Crippen LogP contribution in [0.25, 0.3) is 0 Å². The zero-order valence-electron chi connectivity index (χ0n) is 19.1. The van der Waals surface area contributed by atoms with Gasteiger partial charge in [-0.2, -0.15) is 0 Å². The molecule has 0 fully saturated rings. The van der Waals surface area contributed by atoms with Gasteiger partial charge in [0.25, 0.3) is 0 Å². The number of benzene rings is 2. The van der Waals surface area contributed by atoms with Crippen LogP contribution in [0.1, 0.15) is 25.8 Å². The number of halogens is 5. The molecule has 35 heavy (non-hydrogen) atoms. The van der Waals surface area contributed by atoms with E-state index < -0.39 is 34.4 Å². The summed E-state index contributed by atoms with van der Waals surface area (Å²) < 4.78 is 26.1. The number of nitrogens with one attached hydrogen (secondary N) is 1. The van der Waals surface area contributed by atoms with E-state index in [1.807, 2.05) is 6.92 Å². The predicted octanol–water partition coefficient (Wildman–Crippen LogP) is 5.66. The standard InChI is InChI=1S/C22H24Cl5N3O4S/c1-4-7-28-22(32)13(2)29(11-14-5-6-15(23)16(24)8-14)21(31)12-30(35(3,33)34)20-10-18(26)17(25)9-19(20)27/h5-6,8-10,13H,4,7,11-12H2,1-3H3,(H,28,32)/t13-/m1/s1. The summed E-state index contributed by atoms with van der Waals surface area (Å²) in [6, 6.07) is 6.44. The average Bonchev–Trinajstić information content (AvgIpc) is 2.77. The highest BCUT2D eigenvalue weighted by Gasteiger charge is 2.31. The third kappa shape index (κ3) is 8.03. The van der Waals surface area contributed by atoms with E-state index in [0.717, 1.165) is 10.6 Å². The van der Waals surface area contributed by atoms with Crippen LogP contribution in [-0.2, 0) is 26.2 Å². The molecule has 0 aromatic heterocycles. The molecule has 0 bridgehead atoms. The molecule has 1 N–H and O–H groups in total. The lowest BCUT2D eigenvalue weighted by Gasteiger charge is -2.31. The number of sulfonamides is 1. The summed E-state index contributed by atoms with van der Waals surface area (Å²) in [6.45, 7) is 3.21. The first-order valence-electron chi connectivity index (χ1n) is 10.4. The summed E-state index contributed by atoms with van der Waals surface area (Å²) in [6.07, 6.45) is 1.64. The van der Waals surface area contributed by atoms with Crippen LogP contribution in [0.4, 0.5) is 5.69 Å². The first-order chi connectivity index (χ1) is 16.3. The molecule has 2 aromatic carbocycles. The van der Waals surface area contributed by atoms with Gasteiger partial charge in [0.15, 0.2) is 0 Å². The van der Waals surface area contributed by atoms with Gasteiger partial charge in [0.05, 0.1) is 37.1 Å². The van der Waals surface area contributed by atoms with Crippen LogP contribution in [0.3, 0.4) is 0 Å². The molecule has 13 heteroatoms.